The molecule has 2 atom stereocenters. The Bertz CT molecular complexity index is 1070. The zero-order valence-corrected chi connectivity index (χ0v) is 21.0. The Balaban J connectivity index is 0.00000361. The fourth-order valence-electron chi connectivity index (χ4n) is 4.91. The number of ether oxygens (including phenoxy) is 2. The lowest BCUT2D eigenvalue weighted by Crippen LogP contribution is -2.46. The first-order valence-electron chi connectivity index (χ1n) is 11.7. The second-order valence-electron chi connectivity index (χ2n) is 8.99. The standard InChI is InChI=1S/C26H29F3N2O4.ClH/c1-17(32)35-24-22(18-5-8-21(34-2)9-6-18)16-19-15-20(26(27,28)29)7-10-23(19)31(25(24)33)14-13-30-11-3-4-12-30;/h5-10,15,22,24H,3-4,11-14,16H2,1-2H3;1H/t22-,24+;/m1./s1. The van der Waals surface area contributed by atoms with Crippen molar-refractivity contribution in [3.63, 3.8) is 0 Å². The van der Waals surface area contributed by atoms with Gasteiger partial charge in [-0.2, -0.15) is 13.2 Å². The molecule has 2 aromatic carbocycles. The zero-order chi connectivity index (χ0) is 25.2. The minimum absolute atomic E-state index is 0. The van der Waals surface area contributed by atoms with Crippen LogP contribution in [0.15, 0.2) is 42.5 Å². The molecule has 1 fully saturated rings. The van der Waals surface area contributed by atoms with Gasteiger partial charge in [-0.25, -0.2) is 0 Å². The summed E-state index contributed by atoms with van der Waals surface area (Å²) < 4.78 is 51.5. The Hall–Kier alpha value is -2.78. The molecule has 10 heteroatoms. The van der Waals surface area contributed by atoms with Crippen molar-refractivity contribution in [1.82, 2.24) is 4.90 Å². The number of likely N-dealkylation sites (tertiary alicyclic amines) is 1. The summed E-state index contributed by atoms with van der Waals surface area (Å²) in [7, 11) is 1.53. The maximum Gasteiger partial charge on any atom is 0.416 e. The van der Waals surface area contributed by atoms with Crippen LogP contribution < -0.4 is 9.64 Å². The van der Waals surface area contributed by atoms with E-state index in [1.54, 1.807) is 24.3 Å². The smallest absolute Gasteiger partial charge is 0.416 e. The van der Waals surface area contributed by atoms with Gasteiger partial charge in [-0.1, -0.05) is 12.1 Å². The molecule has 0 bridgehead atoms. The van der Waals surface area contributed by atoms with E-state index in [9.17, 15) is 22.8 Å². The molecule has 0 unspecified atom stereocenters. The summed E-state index contributed by atoms with van der Waals surface area (Å²) in [6, 6.07) is 10.4. The van der Waals surface area contributed by atoms with Crippen molar-refractivity contribution >= 4 is 30.0 Å². The number of benzene rings is 2. The number of amides is 1. The molecule has 2 heterocycles. The van der Waals surface area contributed by atoms with E-state index in [-0.39, 0.29) is 18.8 Å². The number of methoxy groups -OCH3 is 1. The van der Waals surface area contributed by atoms with Crippen LogP contribution in [0.2, 0.25) is 0 Å². The predicted molar refractivity (Wildman–Crippen MR) is 132 cm³/mol. The number of hydrogen-bond acceptors (Lipinski definition) is 5. The lowest BCUT2D eigenvalue weighted by Gasteiger charge is -2.29. The maximum absolute atomic E-state index is 13.8. The van der Waals surface area contributed by atoms with Gasteiger partial charge in [0.05, 0.1) is 12.7 Å². The van der Waals surface area contributed by atoms with Crippen molar-refractivity contribution in [2.45, 2.75) is 44.4 Å². The highest BCUT2D eigenvalue weighted by Gasteiger charge is 2.41. The molecular weight excluding hydrogens is 497 g/mol. The highest BCUT2D eigenvalue weighted by molar-refractivity contribution is 6.00. The number of carbonyl (C=O) groups is 2. The Kier molecular flexibility index (Phi) is 8.89. The van der Waals surface area contributed by atoms with Gasteiger partial charge < -0.3 is 19.3 Å². The van der Waals surface area contributed by atoms with E-state index in [1.807, 2.05) is 0 Å². The van der Waals surface area contributed by atoms with Crippen LogP contribution >= 0.6 is 12.4 Å². The second kappa shape index (κ2) is 11.5. The molecule has 196 valence electrons. The van der Waals surface area contributed by atoms with Crippen molar-refractivity contribution in [2.75, 3.05) is 38.2 Å². The molecule has 2 aliphatic rings. The molecule has 0 aliphatic carbocycles. The van der Waals surface area contributed by atoms with E-state index >= 15 is 0 Å². The van der Waals surface area contributed by atoms with Gasteiger partial charge in [-0.15, -0.1) is 12.4 Å². The van der Waals surface area contributed by atoms with Crippen LogP contribution in [0.5, 0.6) is 5.75 Å². The number of rotatable bonds is 6. The predicted octanol–water partition coefficient (Wildman–Crippen LogP) is 4.84. The lowest BCUT2D eigenvalue weighted by atomic mass is 9.87. The van der Waals surface area contributed by atoms with Gasteiger partial charge in [0.1, 0.15) is 5.75 Å². The minimum atomic E-state index is -4.52. The highest BCUT2D eigenvalue weighted by Crippen LogP contribution is 2.40. The third-order valence-corrected chi connectivity index (χ3v) is 6.69. The average Bonchev–Trinajstić information content (AvgIpc) is 3.31. The summed E-state index contributed by atoms with van der Waals surface area (Å²) in [4.78, 5) is 29.5. The molecule has 0 spiro atoms. The van der Waals surface area contributed by atoms with E-state index in [1.165, 1.54) is 25.0 Å². The van der Waals surface area contributed by atoms with Gasteiger partial charge in [0.2, 0.25) is 0 Å². The van der Waals surface area contributed by atoms with E-state index in [0.717, 1.165) is 38.1 Å². The Morgan fingerprint density at radius 3 is 2.31 bits per heavy atom. The molecule has 0 radical (unpaired) electrons. The topological polar surface area (TPSA) is 59.1 Å². The van der Waals surface area contributed by atoms with E-state index in [0.29, 0.717) is 35.7 Å². The molecule has 6 nitrogen and oxygen atoms in total. The largest absolute Gasteiger partial charge is 0.497 e. The van der Waals surface area contributed by atoms with E-state index in [4.69, 9.17) is 9.47 Å². The van der Waals surface area contributed by atoms with Gasteiger partial charge in [0.25, 0.3) is 5.91 Å². The normalized spacial score (nSPS) is 20.4. The zero-order valence-electron chi connectivity index (χ0n) is 20.2. The molecule has 0 saturated carbocycles. The van der Waals surface area contributed by atoms with Crippen LogP contribution in [0.3, 0.4) is 0 Å². The lowest BCUT2D eigenvalue weighted by molar-refractivity contribution is -0.154. The number of carbonyl (C=O) groups excluding carboxylic acids is 2. The van der Waals surface area contributed by atoms with Crippen molar-refractivity contribution in [1.29, 1.82) is 0 Å². The van der Waals surface area contributed by atoms with Crippen LogP contribution in [0.1, 0.15) is 42.4 Å². The highest BCUT2D eigenvalue weighted by atomic mass is 35.5. The number of fused-ring (bicyclic) bond motifs is 1. The number of nitrogens with zero attached hydrogens (tertiary/aromatic N) is 2. The molecular formula is C26H30ClF3N2O4. The molecule has 36 heavy (non-hydrogen) atoms. The molecule has 1 saturated heterocycles. The third-order valence-electron chi connectivity index (χ3n) is 6.69. The van der Waals surface area contributed by atoms with Crippen LogP contribution in [0, 0.1) is 0 Å². The molecule has 0 aromatic heterocycles. The van der Waals surface area contributed by atoms with E-state index < -0.39 is 35.6 Å². The summed E-state index contributed by atoms with van der Waals surface area (Å²) in [6.07, 6.45) is -3.42. The molecule has 2 aromatic rings. The van der Waals surface area contributed by atoms with Crippen molar-refractivity contribution in [2.24, 2.45) is 0 Å². The van der Waals surface area contributed by atoms with Gasteiger partial charge in [-0.3, -0.25) is 9.59 Å². The molecule has 0 N–H and O–H groups in total. The third kappa shape index (κ3) is 6.13. The first-order valence-corrected chi connectivity index (χ1v) is 11.7. The first kappa shape index (κ1) is 27.8. The molecule has 1 amide bonds. The summed E-state index contributed by atoms with van der Waals surface area (Å²) in [5, 5.41) is 0. The van der Waals surface area contributed by atoms with Gasteiger partial charge in [0.15, 0.2) is 6.10 Å². The van der Waals surface area contributed by atoms with Crippen LogP contribution in [-0.2, 0) is 26.9 Å². The van der Waals surface area contributed by atoms with Crippen LogP contribution in [0.25, 0.3) is 0 Å². The average molecular weight is 527 g/mol. The van der Waals surface area contributed by atoms with Crippen LogP contribution in [0.4, 0.5) is 18.9 Å². The Morgan fingerprint density at radius 1 is 1.06 bits per heavy atom. The van der Waals surface area contributed by atoms with Crippen molar-refractivity contribution in [3.05, 3.63) is 59.2 Å². The second-order valence-corrected chi connectivity index (χ2v) is 8.99. The quantitative estimate of drug-likeness (QED) is 0.504. The monoisotopic (exact) mass is 526 g/mol. The summed E-state index contributed by atoms with van der Waals surface area (Å²) >= 11 is 0. The minimum Gasteiger partial charge on any atom is -0.497 e. The number of alkyl halides is 3. The molecule has 4 rings (SSSR count). The van der Waals surface area contributed by atoms with Gasteiger partial charge in [-0.05, 0) is 73.8 Å². The number of hydrogen-bond donors (Lipinski definition) is 0. The maximum atomic E-state index is 13.8. The number of anilines is 1. The fourth-order valence-corrected chi connectivity index (χ4v) is 4.91. The Labute approximate surface area is 214 Å². The first-order chi connectivity index (χ1) is 16.7. The van der Waals surface area contributed by atoms with Crippen LogP contribution in [-0.4, -0.2) is 56.2 Å². The summed E-state index contributed by atoms with van der Waals surface area (Å²) in [5.41, 5.74) is 0.721. The van der Waals surface area contributed by atoms with Gasteiger partial charge >= 0.3 is 12.1 Å². The summed E-state index contributed by atoms with van der Waals surface area (Å²) in [6.45, 7) is 3.96. The number of halogens is 4. The molecule has 2 aliphatic heterocycles. The SMILES string of the molecule is COc1ccc([C@H]2Cc3cc(C(F)(F)F)ccc3N(CCN3CCCC3)C(=O)[C@H]2OC(C)=O)cc1.Cl. The summed E-state index contributed by atoms with van der Waals surface area (Å²) in [5.74, 6) is -1.11. The van der Waals surface area contributed by atoms with Crippen molar-refractivity contribution < 1.29 is 32.2 Å². The fraction of sp³-hybridized carbons (Fsp3) is 0.462. The van der Waals surface area contributed by atoms with Gasteiger partial charge in [0, 0.05) is 31.6 Å². The van der Waals surface area contributed by atoms with Crippen molar-refractivity contribution in [3.8, 4) is 5.75 Å². The van der Waals surface area contributed by atoms with E-state index in [2.05, 4.69) is 4.90 Å². The number of esters is 1. The Morgan fingerprint density at radius 2 is 1.72 bits per heavy atom.